The maximum atomic E-state index is 11.1. The fourth-order valence-corrected chi connectivity index (χ4v) is 3.43. The van der Waals surface area contributed by atoms with Gasteiger partial charge in [-0.15, -0.1) is 11.3 Å². The Morgan fingerprint density at radius 1 is 1.55 bits per heavy atom. The van der Waals surface area contributed by atoms with Gasteiger partial charge in [0.25, 0.3) is 0 Å². The van der Waals surface area contributed by atoms with Crippen LogP contribution in [0.3, 0.4) is 0 Å². The maximum Gasteiger partial charge on any atom is 0.307 e. The summed E-state index contributed by atoms with van der Waals surface area (Å²) in [4.78, 5) is 18.7. The fraction of sp³-hybridized carbons (Fsp3) is 0.533. The first-order valence-electron chi connectivity index (χ1n) is 7.54. The molecule has 0 aromatic carbocycles. The van der Waals surface area contributed by atoms with Gasteiger partial charge in [0.1, 0.15) is 0 Å². The number of nitrogens with zero attached hydrogens (tertiary/aromatic N) is 3. The van der Waals surface area contributed by atoms with Crippen LogP contribution in [0.4, 0.5) is 0 Å². The zero-order valence-corrected chi connectivity index (χ0v) is 13.1. The lowest BCUT2D eigenvalue weighted by Crippen LogP contribution is -2.39. The molecule has 1 fully saturated rings. The number of carboxylic acid groups (broad SMARTS) is 1. The highest BCUT2D eigenvalue weighted by molar-refractivity contribution is 7.13. The monoisotopic (exact) mass is 321 g/mol. The van der Waals surface area contributed by atoms with Gasteiger partial charge in [-0.25, -0.2) is 0 Å². The molecule has 1 N–H and O–H groups in total. The minimum atomic E-state index is -0.679. The number of thiophene rings is 1. The summed E-state index contributed by atoms with van der Waals surface area (Å²) in [6, 6.07) is 3.93. The molecule has 0 saturated carbocycles. The zero-order valence-electron chi connectivity index (χ0n) is 12.3. The normalized spacial score (nSPS) is 19.4. The minimum Gasteiger partial charge on any atom is -0.481 e. The SMILES string of the molecule is O=C(O)[C@H]1CCCN(CCCc2nc(-c3cccs3)no2)C1. The summed E-state index contributed by atoms with van der Waals surface area (Å²) < 4.78 is 5.27. The molecule has 0 amide bonds. The van der Waals surface area contributed by atoms with Crippen LogP contribution in [0.1, 0.15) is 25.2 Å². The molecule has 0 bridgehead atoms. The highest BCUT2D eigenvalue weighted by Crippen LogP contribution is 2.22. The number of aryl methyl sites for hydroxylation is 1. The van der Waals surface area contributed by atoms with E-state index in [0.29, 0.717) is 18.3 Å². The second-order valence-corrected chi connectivity index (χ2v) is 6.52. The second kappa shape index (κ2) is 7.02. The molecule has 0 unspecified atom stereocenters. The van der Waals surface area contributed by atoms with Crippen LogP contribution in [0.2, 0.25) is 0 Å². The summed E-state index contributed by atoms with van der Waals surface area (Å²) in [6.45, 7) is 2.51. The van der Waals surface area contributed by atoms with Crippen molar-refractivity contribution < 1.29 is 14.4 Å². The highest BCUT2D eigenvalue weighted by Gasteiger charge is 2.24. The maximum absolute atomic E-state index is 11.1. The van der Waals surface area contributed by atoms with Gasteiger partial charge in [0.05, 0.1) is 10.8 Å². The Kier molecular flexibility index (Phi) is 4.84. The van der Waals surface area contributed by atoms with Crippen LogP contribution in [-0.2, 0) is 11.2 Å². The highest BCUT2D eigenvalue weighted by atomic mass is 32.1. The predicted molar refractivity (Wildman–Crippen MR) is 82.7 cm³/mol. The van der Waals surface area contributed by atoms with E-state index in [9.17, 15) is 4.79 Å². The lowest BCUT2D eigenvalue weighted by Gasteiger charge is -2.30. The molecule has 0 aliphatic carbocycles. The number of aliphatic carboxylic acids is 1. The van der Waals surface area contributed by atoms with Gasteiger partial charge in [-0.2, -0.15) is 4.98 Å². The molecular formula is C15H19N3O3S. The van der Waals surface area contributed by atoms with Gasteiger partial charge in [0.2, 0.25) is 11.7 Å². The third-order valence-corrected chi connectivity index (χ3v) is 4.80. The van der Waals surface area contributed by atoms with Crippen molar-refractivity contribution in [1.82, 2.24) is 15.0 Å². The fourth-order valence-electron chi connectivity index (χ4n) is 2.78. The molecule has 7 heteroatoms. The summed E-state index contributed by atoms with van der Waals surface area (Å²) in [5.41, 5.74) is 0. The van der Waals surface area contributed by atoms with Crippen molar-refractivity contribution in [2.24, 2.45) is 5.92 Å². The van der Waals surface area contributed by atoms with E-state index in [1.54, 1.807) is 11.3 Å². The Morgan fingerprint density at radius 3 is 3.23 bits per heavy atom. The molecule has 0 radical (unpaired) electrons. The minimum absolute atomic E-state index is 0.220. The third kappa shape index (κ3) is 3.72. The molecule has 0 spiro atoms. The molecule has 1 atom stereocenters. The van der Waals surface area contributed by atoms with Crippen LogP contribution in [0.25, 0.3) is 10.7 Å². The number of hydrogen-bond donors (Lipinski definition) is 1. The van der Waals surface area contributed by atoms with Gasteiger partial charge in [-0.1, -0.05) is 11.2 Å². The van der Waals surface area contributed by atoms with Crippen molar-refractivity contribution >= 4 is 17.3 Å². The van der Waals surface area contributed by atoms with E-state index in [2.05, 4.69) is 15.0 Å². The van der Waals surface area contributed by atoms with Crippen LogP contribution in [0.15, 0.2) is 22.0 Å². The van der Waals surface area contributed by atoms with Crippen LogP contribution in [-0.4, -0.2) is 45.8 Å². The number of carbonyl (C=O) groups is 1. The van der Waals surface area contributed by atoms with Gasteiger partial charge in [0, 0.05) is 13.0 Å². The van der Waals surface area contributed by atoms with E-state index in [4.69, 9.17) is 9.63 Å². The Bertz CT molecular complexity index is 611. The molecule has 1 aliphatic rings. The summed E-state index contributed by atoms with van der Waals surface area (Å²) in [5.74, 6) is 0.397. The Balaban J connectivity index is 1.46. The largest absolute Gasteiger partial charge is 0.481 e. The number of carboxylic acids is 1. The van der Waals surface area contributed by atoms with Crippen molar-refractivity contribution in [1.29, 1.82) is 0 Å². The lowest BCUT2D eigenvalue weighted by atomic mass is 9.98. The van der Waals surface area contributed by atoms with E-state index in [-0.39, 0.29) is 5.92 Å². The molecule has 118 valence electrons. The van der Waals surface area contributed by atoms with Gasteiger partial charge in [-0.3, -0.25) is 4.79 Å². The number of hydrogen-bond acceptors (Lipinski definition) is 6. The smallest absolute Gasteiger partial charge is 0.307 e. The van der Waals surface area contributed by atoms with Crippen LogP contribution in [0, 0.1) is 5.92 Å². The Morgan fingerprint density at radius 2 is 2.45 bits per heavy atom. The van der Waals surface area contributed by atoms with E-state index >= 15 is 0 Å². The number of likely N-dealkylation sites (tertiary alicyclic amines) is 1. The quantitative estimate of drug-likeness (QED) is 0.880. The van der Waals surface area contributed by atoms with Crippen molar-refractivity contribution in [2.75, 3.05) is 19.6 Å². The summed E-state index contributed by atoms with van der Waals surface area (Å²) in [5, 5.41) is 15.1. The topological polar surface area (TPSA) is 79.5 Å². The number of aromatic nitrogens is 2. The molecule has 2 aromatic rings. The van der Waals surface area contributed by atoms with E-state index in [1.807, 2.05) is 17.5 Å². The third-order valence-electron chi connectivity index (χ3n) is 3.93. The van der Waals surface area contributed by atoms with E-state index in [0.717, 1.165) is 43.6 Å². The van der Waals surface area contributed by atoms with E-state index < -0.39 is 5.97 Å². The van der Waals surface area contributed by atoms with Crippen molar-refractivity contribution in [3.8, 4) is 10.7 Å². The Hall–Kier alpha value is -1.73. The first kappa shape index (κ1) is 15.2. The van der Waals surface area contributed by atoms with E-state index in [1.165, 1.54) is 0 Å². The number of rotatable bonds is 6. The molecule has 22 heavy (non-hydrogen) atoms. The Labute approximate surface area is 132 Å². The van der Waals surface area contributed by atoms with Gasteiger partial charge >= 0.3 is 5.97 Å². The zero-order chi connectivity index (χ0) is 15.4. The lowest BCUT2D eigenvalue weighted by molar-refractivity contribution is -0.143. The molecule has 3 rings (SSSR count). The van der Waals surface area contributed by atoms with Crippen LogP contribution >= 0.6 is 11.3 Å². The first-order valence-corrected chi connectivity index (χ1v) is 8.42. The van der Waals surface area contributed by atoms with Crippen LogP contribution in [0.5, 0.6) is 0 Å². The average molecular weight is 321 g/mol. The van der Waals surface area contributed by atoms with Gasteiger partial charge in [0.15, 0.2) is 0 Å². The molecule has 6 nitrogen and oxygen atoms in total. The standard InChI is InChI=1S/C15H19N3O3S/c19-15(20)11-4-1-7-18(10-11)8-2-6-13-16-14(17-21-13)12-5-3-9-22-12/h3,5,9,11H,1-2,4,6-8,10H2,(H,19,20)/t11-/m0/s1. The average Bonchev–Trinajstić information content (AvgIpc) is 3.18. The predicted octanol–water partition coefficient (Wildman–Crippen LogP) is 2.53. The summed E-state index contributed by atoms with van der Waals surface area (Å²) >= 11 is 1.59. The van der Waals surface area contributed by atoms with Gasteiger partial charge < -0.3 is 14.5 Å². The first-order chi connectivity index (χ1) is 10.7. The van der Waals surface area contributed by atoms with Crippen molar-refractivity contribution in [3.63, 3.8) is 0 Å². The van der Waals surface area contributed by atoms with Crippen molar-refractivity contribution in [3.05, 3.63) is 23.4 Å². The summed E-state index contributed by atoms with van der Waals surface area (Å²) in [6.07, 6.45) is 3.38. The molecule has 1 aliphatic heterocycles. The second-order valence-electron chi connectivity index (χ2n) is 5.57. The van der Waals surface area contributed by atoms with Crippen molar-refractivity contribution in [2.45, 2.75) is 25.7 Å². The summed E-state index contributed by atoms with van der Waals surface area (Å²) in [7, 11) is 0. The number of piperidine rings is 1. The molecule has 3 heterocycles. The molecular weight excluding hydrogens is 302 g/mol. The van der Waals surface area contributed by atoms with Crippen LogP contribution < -0.4 is 0 Å². The van der Waals surface area contributed by atoms with Gasteiger partial charge in [-0.05, 0) is 43.8 Å². The molecule has 2 aromatic heterocycles. The molecule has 1 saturated heterocycles.